The molecule has 0 unspecified atom stereocenters. The average Bonchev–Trinajstić information content (AvgIpc) is 2.88. The fraction of sp³-hybridized carbons (Fsp3) is 0.333. The van der Waals surface area contributed by atoms with Crippen molar-refractivity contribution in [1.29, 1.82) is 0 Å². The summed E-state index contributed by atoms with van der Waals surface area (Å²) in [6.45, 7) is 1.98. The minimum atomic E-state index is -4.55. The molecule has 2 rings (SSSR count). The lowest BCUT2D eigenvalue weighted by molar-refractivity contribution is -0.141. The van der Waals surface area contributed by atoms with Crippen LogP contribution in [0.25, 0.3) is 5.95 Å². The van der Waals surface area contributed by atoms with Gasteiger partial charge in [-0.05, 0) is 13.0 Å². The van der Waals surface area contributed by atoms with Crippen LogP contribution in [0.2, 0.25) is 0 Å². The highest BCUT2D eigenvalue weighted by atomic mass is 19.4. The molecule has 11 heteroatoms. The van der Waals surface area contributed by atoms with Gasteiger partial charge in [0.1, 0.15) is 0 Å². The number of ether oxygens (including phenoxy) is 1. The zero-order valence-corrected chi connectivity index (χ0v) is 10.2. The van der Waals surface area contributed by atoms with Gasteiger partial charge in [0.2, 0.25) is 5.95 Å². The summed E-state index contributed by atoms with van der Waals surface area (Å²) < 4.78 is 43.3. The van der Waals surface area contributed by atoms with Crippen molar-refractivity contribution >= 4 is 5.95 Å². The van der Waals surface area contributed by atoms with Gasteiger partial charge < -0.3 is 4.74 Å². The van der Waals surface area contributed by atoms with E-state index in [0.29, 0.717) is 0 Å². The molecule has 0 aliphatic carbocycles. The Hall–Kier alpha value is -2.43. The van der Waals surface area contributed by atoms with Crippen molar-refractivity contribution in [2.75, 3.05) is 12.0 Å². The maximum atomic E-state index is 12.5. The van der Waals surface area contributed by atoms with Crippen molar-refractivity contribution in [3.8, 4) is 12.0 Å². The number of nitrogens with one attached hydrogen (secondary N) is 1. The Morgan fingerprint density at radius 1 is 1.35 bits per heavy atom. The van der Waals surface area contributed by atoms with Gasteiger partial charge in [0.15, 0.2) is 5.69 Å². The predicted octanol–water partition coefficient (Wildman–Crippen LogP) is 0.760. The molecule has 0 fully saturated rings. The molecule has 0 aliphatic rings. The average molecular weight is 289 g/mol. The zero-order valence-electron chi connectivity index (χ0n) is 10.2. The molecule has 0 bridgehead atoms. The molecule has 0 amide bonds. The molecule has 2 aromatic rings. The summed E-state index contributed by atoms with van der Waals surface area (Å²) in [7, 11) is 0. The largest absolute Gasteiger partial charge is 0.464 e. The van der Waals surface area contributed by atoms with Crippen LogP contribution >= 0.6 is 0 Å². The second-order valence-electron chi connectivity index (χ2n) is 3.46. The van der Waals surface area contributed by atoms with E-state index in [0.717, 1.165) is 16.9 Å². The summed E-state index contributed by atoms with van der Waals surface area (Å²) in [6, 6.07) is 0.731. The molecule has 0 aromatic carbocycles. The Balaban J connectivity index is 2.41. The quantitative estimate of drug-likeness (QED) is 0.632. The van der Waals surface area contributed by atoms with Crippen LogP contribution in [0.4, 0.5) is 19.1 Å². The molecule has 0 atom stereocenters. The van der Waals surface area contributed by atoms with E-state index in [1.165, 1.54) is 0 Å². The van der Waals surface area contributed by atoms with E-state index < -0.39 is 11.9 Å². The van der Waals surface area contributed by atoms with E-state index in [1.54, 1.807) is 6.92 Å². The van der Waals surface area contributed by atoms with E-state index >= 15 is 0 Å². The Labute approximate surface area is 110 Å². The number of nitrogens with two attached hydrogens (primary N) is 1. The highest BCUT2D eigenvalue weighted by molar-refractivity contribution is 5.28. The number of nitrogens with zero attached hydrogens (tertiary/aromatic N) is 5. The summed E-state index contributed by atoms with van der Waals surface area (Å²) in [5.74, 6) is 4.97. The first-order valence-corrected chi connectivity index (χ1v) is 5.42. The molecule has 0 saturated heterocycles. The van der Waals surface area contributed by atoms with Crippen LogP contribution in [-0.4, -0.2) is 31.3 Å². The van der Waals surface area contributed by atoms with Crippen molar-refractivity contribution in [2.45, 2.75) is 13.1 Å². The lowest BCUT2D eigenvalue weighted by Crippen LogP contribution is -2.15. The number of rotatable bonds is 4. The Morgan fingerprint density at radius 3 is 2.65 bits per heavy atom. The molecular weight excluding hydrogens is 279 g/mol. The zero-order chi connectivity index (χ0) is 14.8. The summed E-state index contributed by atoms with van der Waals surface area (Å²) in [5, 5.41) is 3.34. The van der Waals surface area contributed by atoms with Crippen LogP contribution in [0, 0.1) is 0 Å². The number of halogens is 3. The fourth-order valence-corrected chi connectivity index (χ4v) is 1.29. The highest BCUT2D eigenvalue weighted by Gasteiger charge is 2.33. The number of nitrogen functional groups attached to an aromatic ring is 1. The first-order valence-electron chi connectivity index (χ1n) is 5.42. The SMILES string of the molecule is CCOc1nc(NN)nc(-n2ccc(C(F)(F)F)n2)n1. The van der Waals surface area contributed by atoms with Crippen molar-refractivity contribution in [3.05, 3.63) is 18.0 Å². The number of hydrazine groups is 1. The smallest absolute Gasteiger partial charge is 0.435 e. The van der Waals surface area contributed by atoms with Gasteiger partial charge in [-0.15, -0.1) is 0 Å². The molecule has 0 radical (unpaired) electrons. The second-order valence-corrected chi connectivity index (χ2v) is 3.46. The summed E-state index contributed by atoms with van der Waals surface area (Å²) in [5.41, 5.74) is 1.11. The number of hydrogen-bond acceptors (Lipinski definition) is 7. The van der Waals surface area contributed by atoms with Gasteiger partial charge in [0.05, 0.1) is 6.61 Å². The van der Waals surface area contributed by atoms with E-state index in [-0.39, 0.29) is 24.5 Å². The minimum absolute atomic E-state index is 0.0532. The first-order chi connectivity index (χ1) is 9.44. The predicted molar refractivity (Wildman–Crippen MR) is 60.9 cm³/mol. The van der Waals surface area contributed by atoms with E-state index in [9.17, 15) is 13.2 Å². The number of alkyl halides is 3. The second kappa shape index (κ2) is 5.28. The maximum Gasteiger partial charge on any atom is 0.435 e. The Morgan fingerprint density at radius 2 is 2.10 bits per heavy atom. The summed E-state index contributed by atoms with van der Waals surface area (Å²) in [6.07, 6.45) is -3.47. The molecule has 0 saturated carbocycles. The van der Waals surface area contributed by atoms with Crippen LogP contribution in [-0.2, 0) is 6.18 Å². The third-order valence-corrected chi connectivity index (χ3v) is 2.09. The van der Waals surface area contributed by atoms with Crippen LogP contribution in [0.3, 0.4) is 0 Å². The monoisotopic (exact) mass is 289 g/mol. The molecular formula is C9H10F3N7O. The Bertz CT molecular complexity index is 597. The van der Waals surface area contributed by atoms with E-state index in [2.05, 4.69) is 25.5 Å². The van der Waals surface area contributed by atoms with Crippen LogP contribution in [0.1, 0.15) is 12.6 Å². The highest BCUT2D eigenvalue weighted by Crippen LogP contribution is 2.27. The van der Waals surface area contributed by atoms with Gasteiger partial charge in [-0.1, -0.05) is 0 Å². The Kier molecular flexibility index (Phi) is 3.70. The fourth-order valence-electron chi connectivity index (χ4n) is 1.29. The lowest BCUT2D eigenvalue weighted by atomic mass is 10.4. The molecule has 3 N–H and O–H groups in total. The molecule has 8 nitrogen and oxygen atoms in total. The maximum absolute atomic E-state index is 12.5. The van der Waals surface area contributed by atoms with Gasteiger partial charge in [-0.25, -0.2) is 10.5 Å². The molecule has 20 heavy (non-hydrogen) atoms. The first kappa shape index (κ1) is 14.0. The summed E-state index contributed by atoms with van der Waals surface area (Å²) >= 11 is 0. The van der Waals surface area contributed by atoms with Gasteiger partial charge in [0.25, 0.3) is 5.95 Å². The van der Waals surface area contributed by atoms with Crippen LogP contribution in [0.5, 0.6) is 6.01 Å². The molecule has 108 valence electrons. The summed E-state index contributed by atoms with van der Waals surface area (Å²) in [4.78, 5) is 11.4. The van der Waals surface area contributed by atoms with Gasteiger partial charge >= 0.3 is 12.2 Å². The van der Waals surface area contributed by atoms with E-state index in [1.807, 2.05) is 0 Å². The van der Waals surface area contributed by atoms with Crippen LogP contribution < -0.4 is 16.0 Å². The normalized spacial score (nSPS) is 11.4. The third kappa shape index (κ3) is 2.93. The lowest BCUT2D eigenvalue weighted by Gasteiger charge is -2.06. The molecule has 2 heterocycles. The molecule has 0 spiro atoms. The standard InChI is InChI=1S/C9H10F3N7O/c1-2-20-8-15-6(17-13)14-7(16-8)19-4-3-5(18-19)9(10,11)12/h3-4H,2,13H2,1H3,(H,14,15,16,17). The number of hydrogen-bond donors (Lipinski definition) is 2. The number of aromatic nitrogens is 5. The topological polar surface area (TPSA) is 104 Å². The van der Waals surface area contributed by atoms with Crippen molar-refractivity contribution in [2.24, 2.45) is 5.84 Å². The molecule has 0 aliphatic heterocycles. The van der Waals surface area contributed by atoms with Crippen molar-refractivity contribution < 1.29 is 17.9 Å². The van der Waals surface area contributed by atoms with Gasteiger partial charge in [-0.3, -0.25) is 5.43 Å². The third-order valence-electron chi connectivity index (χ3n) is 2.09. The van der Waals surface area contributed by atoms with Crippen molar-refractivity contribution in [1.82, 2.24) is 24.7 Å². The molecule has 2 aromatic heterocycles. The van der Waals surface area contributed by atoms with Crippen LogP contribution in [0.15, 0.2) is 12.3 Å². The number of anilines is 1. The minimum Gasteiger partial charge on any atom is -0.464 e. The van der Waals surface area contributed by atoms with Crippen molar-refractivity contribution in [3.63, 3.8) is 0 Å². The van der Waals surface area contributed by atoms with Gasteiger partial charge in [0, 0.05) is 6.20 Å². The van der Waals surface area contributed by atoms with E-state index in [4.69, 9.17) is 10.6 Å². The van der Waals surface area contributed by atoms with Gasteiger partial charge in [-0.2, -0.15) is 33.2 Å².